The maximum absolute atomic E-state index is 12.8. The molecule has 2 aromatic carbocycles. The van der Waals surface area contributed by atoms with E-state index < -0.39 is 0 Å². The number of aryl methyl sites for hydroxylation is 1. The molecule has 1 aliphatic rings. The lowest BCUT2D eigenvalue weighted by molar-refractivity contribution is 0.142. The molecule has 2 amide bonds. The topological polar surface area (TPSA) is 71.3 Å². The summed E-state index contributed by atoms with van der Waals surface area (Å²) >= 11 is 0. The van der Waals surface area contributed by atoms with Crippen LogP contribution in [0.5, 0.6) is 0 Å². The number of hydrogen-bond donors (Lipinski definition) is 1. The number of benzene rings is 2. The van der Waals surface area contributed by atoms with E-state index in [2.05, 4.69) is 15.5 Å². The number of carbonyl (C=O) groups is 1. The van der Waals surface area contributed by atoms with Crippen LogP contribution in [0, 0.1) is 6.92 Å². The first-order valence-electron chi connectivity index (χ1n) is 9.24. The zero-order chi connectivity index (χ0) is 18.6. The maximum Gasteiger partial charge on any atom is 0.322 e. The molecule has 1 aliphatic heterocycles. The molecule has 138 valence electrons. The van der Waals surface area contributed by atoms with Gasteiger partial charge < -0.3 is 14.7 Å². The first-order valence-corrected chi connectivity index (χ1v) is 9.24. The van der Waals surface area contributed by atoms with Crippen molar-refractivity contribution in [2.24, 2.45) is 0 Å². The normalized spacial score (nSPS) is 16.9. The van der Waals surface area contributed by atoms with Crippen molar-refractivity contribution in [3.05, 3.63) is 66.1 Å². The molecule has 3 aromatic rings. The Bertz CT molecular complexity index is 923. The Kier molecular flexibility index (Phi) is 4.87. The minimum atomic E-state index is -0.200. The zero-order valence-electron chi connectivity index (χ0n) is 15.3. The third-order valence-corrected chi connectivity index (χ3v) is 4.79. The number of nitrogens with zero attached hydrogens (tertiary/aromatic N) is 3. The van der Waals surface area contributed by atoms with Gasteiger partial charge in [0.25, 0.3) is 0 Å². The number of piperidine rings is 1. The van der Waals surface area contributed by atoms with Gasteiger partial charge in [0.05, 0.1) is 0 Å². The fraction of sp³-hybridized carbons (Fsp3) is 0.286. The first-order chi connectivity index (χ1) is 13.2. The van der Waals surface area contributed by atoms with Gasteiger partial charge in [-0.1, -0.05) is 47.1 Å². The Labute approximate surface area is 158 Å². The van der Waals surface area contributed by atoms with Crippen molar-refractivity contribution in [2.75, 3.05) is 11.9 Å². The van der Waals surface area contributed by atoms with Crippen LogP contribution >= 0.6 is 0 Å². The second-order valence-corrected chi connectivity index (χ2v) is 6.83. The number of carbonyl (C=O) groups excluding carboxylic acids is 1. The Morgan fingerprint density at radius 3 is 2.81 bits per heavy atom. The van der Waals surface area contributed by atoms with E-state index in [0.29, 0.717) is 18.3 Å². The lowest BCUT2D eigenvalue weighted by Crippen LogP contribution is -2.41. The summed E-state index contributed by atoms with van der Waals surface area (Å²) in [6.45, 7) is 2.70. The highest BCUT2D eigenvalue weighted by molar-refractivity contribution is 5.89. The van der Waals surface area contributed by atoms with E-state index in [1.54, 1.807) is 4.90 Å². The van der Waals surface area contributed by atoms with Gasteiger partial charge >= 0.3 is 6.03 Å². The summed E-state index contributed by atoms with van der Waals surface area (Å²) in [5, 5.41) is 7.09. The molecule has 0 aliphatic carbocycles. The molecular formula is C21H22N4O2. The Morgan fingerprint density at radius 2 is 2.00 bits per heavy atom. The third-order valence-electron chi connectivity index (χ3n) is 4.79. The molecule has 1 saturated heterocycles. The summed E-state index contributed by atoms with van der Waals surface area (Å²) in [6.07, 6.45) is 2.82. The van der Waals surface area contributed by atoms with E-state index in [9.17, 15) is 4.79 Å². The summed E-state index contributed by atoms with van der Waals surface area (Å²) in [5.74, 6) is 1.05. The van der Waals surface area contributed by atoms with E-state index in [0.717, 1.165) is 36.1 Å². The molecule has 1 fully saturated rings. The van der Waals surface area contributed by atoms with Crippen LogP contribution in [0.3, 0.4) is 0 Å². The number of amides is 2. The minimum absolute atomic E-state index is 0.138. The smallest absolute Gasteiger partial charge is 0.322 e. The van der Waals surface area contributed by atoms with Gasteiger partial charge in [-0.25, -0.2) is 4.79 Å². The molecule has 27 heavy (non-hydrogen) atoms. The number of para-hydroxylation sites is 1. The summed E-state index contributed by atoms with van der Waals surface area (Å²) in [7, 11) is 0. The molecule has 6 heteroatoms. The van der Waals surface area contributed by atoms with Gasteiger partial charge in [0.15, 0.2) is 0 Å². The van der Waals surface area contributed by atoms with Crippen molar-refractivity contribution in [3.8, 4) is 11.4 Å². The van der Waals surface area contributed by atoms with E-state index in [1.807, 2.05) is 61.5 Å². The van der Waals surface area contributed by atoms with E-state index in [4.69, 9.17) is 4.52 Å². The molecule has 0 unspecified atom stereocenters. The number of anilines is 1. The van der Waals surface area contributed by atoms with Gasteiger partial charge in [0.1, 0.15) is 6.04 Å². The Hall–Kier alpha value is -3.15. The van der Waals surface area contributed by atoms with Crippen LogP contribution in [0.2, 0.25) is 0 Å². The van der Waals surface area contributed by atoms with Gasteiger partial charge in [-0.15, -0.1) is 0 Å². The van der Waals surface area contributed by atoms with Crippen molar-refractivity contribution in [1.29, 1.82) is 0 Å². The molecule has 1 atom stereocenters. The van der Waals surface area contributed by atoms with Gasteiger partial charge in [0, 0.05) is 17.8 Å². The monoisotopic (exact) mass is 362 g/mol. The maximum atomic E-state index is 12.8. The van der Waals surface area contributed by atoms with Crippen molar-refractivity contribution in [3.63, 3.8) is 0 Å². The molecule has 1 N–H and O–H groups in total. The summed E-state index contributed by atoms with van der Waals surface area (Å²) in [6, 6.07) is 17.1. The molecular weight excluding hydrogens is 340 g/mol. The number of likely N-dealkylation sites (tertiary alicyclic amines) is 1. The SMILES string of the molecule is Cc1cccc(-c2noc([C@H]3CCCCN3C(=O)Nc3ccccc3)n2)c1. The molecule has 0 saturated carbocycles. The van der Waals surface area contributed by atoms with Crippen LogP contribution in [-0.4, -0.2) is 27.6 Å². The zero-order valence-corrected chi connectivity index (χ0v) is 15.3. The molecule has 2 heterocycles. The molecule has 0 bridgehead atoms. The summed E-state index contributed by atoms with van der Waals surface area (Å²) < 4.78 is 5.55. The molecule has 0 radical (unpaired) electrons. The van der Waals surface area contributed by atoms with Crippen molar-refractivity contribution < 1.29 is 9.32 Å². The minimum Gasteiger partial charge on any atom is -0.337 e. The molecule has 4 rings (SSSR count). The lowest BCUT2D eigenvalue weighted by Gasteiger charge is -2.33. The van der Waals surface area contributed by atoms with Crippen molar-refractivity contribution >= 4 is 11.7 Å². The van der Waals surface area contributed by atoms with Gasteiger partial charge in [-0.2, -0.15) is 4.98 Å². The molecule has 1 aromatic heterocycles. The fourth-order valence-electron chi connectivity index (χ4n) is 3.42. The Balaban J connectivity index is 1.55. The van der Waals surface area contributed by atoms with Crippen LogP contribution < -0.4 is 5.32 Å². The quantitative estimate of drug-likeness (QED) is 0.726. The summed E-state index contributed by atoms with van der Waals surface area (Å²) in [4.78, 5) is 19.2. The second-order valence-electron chi connectivity index (χ2n) is 6.83. The van der Waals surface area contributed by atoms with Crippen LogP contribution in [0.15, 0.2) is 59.1 Å². The largest absolute Gasteiger partial charge is 0.337 e. The van der Waals surface area contributed by atoms with Crippen molar-refractivity contribution in [1.82, 2.24) is 15.0 Å². The summed E-state index contributed by atoms with van der Waals surface area (Å²) in [5.41, 5.74) is 2.83. The number of rotatable bonds is 3. The molecule has 0 spiro atoms. The van der Waals surface area contributed by atoms with E-state index in [1.165, 1.54) is 0 Å². The van der Waals surface area contributed by atoms with Crippen LogP contribution in [0.1, 0.15) is 36.8 Å². The number of nitrogens with one attached hydrogen (secondary N) is 1. The average Bonchev–Trinajstić information content (AvgIpc) is 3.19. The average molecular weight is 362 g/mol. The number of hydrogen-bond acceptors (Lipinski definition) is 4. The standard InChI is InChI=1S/C21H22N4O2/c1-15-8-7-9-16(14-15)19-23-20(27-24-19)18-12-5-6-13-25(18)21(26)22-17-10-3-2-4-11-17/h2-4,7-11,14,18H,5-6,12-13H2,1H3,(H,22,26)/t18-/m1/s1. The predicted octanol–water partition coefficient (Wildman–Crippen LogP) is 4.80. The van der Waals surface area contributed by atoms with Crippen molar-refractivity contribution in [2.45, 2.75) is 32.2 Å². The van der Waals surface area contributed by atoms with Gasteiger partial charge in [-0.05, 0) is 44.4 Å². The Morgan fingerprint density at radius 1 is 1.15 bits per heavy atom. The third kappa shape index (κ3) is 3.84. The predicted molar refractivity (Wildman–Crippen MR) is 103 cm³/mol. The van der Waals surface area contributed by atoms with E-state index in [-0.39, 0.29) is 12.1 Å². The van der Waals surface area contributed by atoms with Crippen LogP contribution in [0.4, 0.5) is 10.5 Å². The van der Waals surface area contributed by atoms with Gasteiger partial charge in [-0.3, -0.25) is 0 Å². The lowest BCUT2D eigenvalue weighted by atomic mass is 10.0. The highest BCUT2D eigenvalue weighted by atomic mass is 16.5. The van der Waals surface area contributed by atoms with Crippen LogP contribution in [0.25, 0.3) is 11.4 Å². The second kappa shape index (κ2) is 7.61. The van der Waals surface area contributed by atoms with Crippen LogP contribution in [-0.2, 0) is 0 Å². The highest BCUT2D eigenvalue weighted by Crippen LogP contribution is 2.31. The van der Waals surface area contributed by atoms with E-state index >= 15 is 0 Å². The highest BCUT2D eigenvalue weighted by Gasteiger charge is 2.32. The first kappa shape index (κ1) is 17.3. The fourth-order valence-corrected chi connectivity index (χ4v) is 3.42. The molecule has 6 nitrogen and oxygen atoms in total. The number of urea groups is 1. The number of aromatic nitrogens is 2. The van der Waals surface area contributed by atoms with Gasteiger partial charge in [0.2, 0.25) is 11.7 Å².